The van der Waals surface area contributed by atoms with Crippen molar-refractivity contribution in [1.29, 1.82) is 0 Å². The van der Waals surface area contributed by atoms with Crippen LogP contribution in [0.2, 0.25) is 0 Å². The summed E-state index contributed by atoms with van der Waals surface area (Å²) in [4.78, 5) is 34.5. The molecule has 1 aromatic heterocycles. The number of benzene rings is 2. The van der Waals surface area contributed by atoms with Crippen molar-refractivity contribution >= 4 is 45.0 Å². The van der Waals surface area contributed by atoms with Crippen LogP contribution in [0, 0.1) is 0 Å². The molecule has 0 radical (unpaired) electrons. The molecule has 2 aliphatic rings. The molecule has 2 aromatic carbocycles. The summed E-state index contributed by atoms with van der Waals surface area (Å²) in [6.07, 6.45) is 1.81. The number of halogens is 1. The highest BCUT2D eigenvalue weighted by molar-refractivity contribution is 9.10. The predicted molar refractivity (Wildman–Crippen MR) is 157 cm³/mol. The van der Waals surface area contributed by atoms with Crippen LogP contribution in [0.5, 0.6) is 17.2 Å². The predicted octanol–water partition coefficient (Wildman–Crippen LogP) is 4.14. The molecule has 3 aromatic rings. The zero-order valence-electron chi connectivity index (χ0n) is 22.9. The lowest BCUT2D eigenvalue weighted by atomic mass is 9.95. The number of thiazole rings is 1. The highest BCUT2D eigenvalue weighted by Crippen LogP contribution is 2.38. The zero-order chi connectivity index (χ0) is 28.6. The third-order valence-corrected chi connectivity index (χ3v) is 8.54. The number of carbonyl (C=O) groups excluding carboxylic acids is 1. The first-order chi connectivity index (χ1) is 19.3. The SMILES string of the molecule is CCOC(=O)C1=C(C)N=c2sc(=Cc3cc(Br)c(N(CC)CC)cc3OC)c(=O)n2C1c1ccc2c(c1)OCO2. The first kappa shape index (κ1) is 28.0. The Kier molecular flexibility index (Phi) is 8.04. The summed E-state index contributed by atoms with van der Waals surface area (Å²) >= 11 is 4.96. The molecule has 0 amide bonds. The fourth-order valence-corrected chi connectivity index (χ4v) is 6.63. The van der Waals surface area contributed by atoms with Gasteiger partial charge in [-0.3, -0.25) is 9.36 Å². The number of hydrogen-bond donors (Lipinski definition) is 0. The van der Waals surface area contributed by atoms with Crippen molar-refractivity contribution in [3.8, 4) is 17.2 Å². The van der Waals surface area contributed by atoms with Gasteiger partial charge in [0.15, 0.2) is 16.3 Å². The van der Waals surface area contributed by atoms with Crippen molar-refractivity contribution in [2.75, 3.05) is 38.5 Å². The van der Waals surface area contributed by atoms with Gasteiger partial charge in [-0.15, -0.1) is 0 Å². The van der Waals surface area contributed by atoms with E-state index in [4.69, 9.17) is 18.9 Å². The van der Waals surface area contributed by atoms with Gasteiger partial charge in [0.1, 0.15) is 5.75 Å². The lowest BCUT2D eigenvalue weighted by molar-refractivity contribution is -0.139. The number of nitrogens with zero attached hydrogens (tertiary/aromatic N) is 3. The summed E-state index contributed by atoms with van der Waals surface area (Å²) in [5.74, 6) is 1.30. The molecule has 0 saturated heterocycles. The molecule has 0 saturated carbocycles. The van der Waals surface area contributed by atoms with Crippen molar-refractivity contribution in [2.45, 2.75) is 33.7 Å². The van der Waals surface area contributed by atoms with Crippen LogP contribution in [0.25, 0.3) is 6.08 Å². The van der Waals surface area contributed by atoms with Crippen LogP contribution in [0.1, 0.15) is 44.9 Å². The molecule has 1 unspecified atom stereocenters. The monoisotopic (exact) mass is 627 g/mol. The van der Waals surface area contributed by atoms with E-state index < -0.39 is 12.0 Å². The quantitative estimate of drug-likeness (QED) is 0.347. The van der Waals surface area contributed by atoms with Gasteiger partial charge in [0.2, 0.25) is 6.79 Å². The van der Waals surface area contributed by atoms with Gasteiger partial charge in [-0.25, -0.2) is 9.79 Å². The Morgan fingerprint density at radius 2 is 1.95 bits per heavy atom. The Labute approximate surface area is 244 Å². The second kappa shape index (κ2) is 11.5. The minimum Gasteiger partial charge on any atom is -0.496 e. The molecule has 0 aliphatic carbocycles. The molecule has 0 spiro atoms. The van der Waals surface area contributed by atoms with Crippen LogP contribution in [-0.2, 0) is 9.53 Å². The average molecular weight is 629 g/mol. The van der Waals surface area contributed by atoms with Crippen molar-refractivity contribution in [3.63, 3.8) is 0 Å². The number of allylic oxidation sites excluding steroid dienone is 1. The standard InChI is InChI=1S/C29H30BrN3O6S/c1-6-32(7-2)20-14-22(36-5)18(11-19(20)30)13-24-27(34)33-26(17-9-10-21-23(12-17)39-15-38-21)25(28(35)37-8-3)16(4)31-29(33)40-24/h9-14,26H,6-8,15H2,1-5H3. The molecule has 2 aliphatic heterocycles. The Balaban J connectivity index is 1.69. The lowest BCUT2D eigenvalue weighted by Gasteiger charge is -2.24. The lowest BCUT2D eigenvalue weighted by Crippen LogP contribution is -2.39. The largest absolute Gasteiger partial charge is 0.496 e. The Bertz CT molecular complexity index is 1690. The van der Waals surface area contributed by atoms with Crippen molar-refractivity contribution in [2.24, 2.45) is 4.99 Å². The Hall–Kier alpha value is -3.57. The maximum absolute atomic E-state index is 14.0. The van der Waals surface area contributed by atoms with Crippen LogP contribution in [0.3, 0.4) is 0 Å². The molecular weight excluding hydrogens is 598 g/mol. The number of carbonyl (C=O) groups is 1. The number of aromatic nitrogens is 1. The molecular formula is C29H30BrN3O6S. The molecule has 210 valence electrons. The molecule has 0 bridgehead atoms. The third-order valence-electron chi connectivity index (χ3n) is 6.92. The molecule has 0 N–H and O–H groups in total. The number of rotatable bonds is 8. The van der Waals surface area contributed by atoms with Gasteiger partial charge in [0, 0.05) is 29.2 Å². The third kappa shape index (κ3) is 4.92. The zero-order valence-corrected chi connectivity index (χ0v) is 25.3. The normalized spacial score (nSPS) is 16.1. The van der Waals surface area contributed by atoms with Crippen LogP contribution in [-0.4, -0.2) is 44.1 Å². The maximum atomic E-state index is 14.0. The minimum absolute atomic E-state index is 0.117. The molecule has 3 heterocycles. The minimum atomic E-state index is -0.745. The van der Waals surface area contributed by atoms with E-state index in [-0.39, 0.29) is 19.0 Å². The van der Waals surface area contributed by atoms with Crippen LogP contribution in [0.15, 0.2) is 55.9 Å². The van der Waals surface area contributed by atoms with E-state index in [2.05, 4.69) is 39.7 Å². The maximum Gasteiger partial charge on any atom is 0.338 e. The summed E-state index contributed by atoms with van der Waals surface area (Å²) in [5.41, 5.74) is 2.99. The van der Waals surface area contributed by atoms with E-state index in [1.165, 1.54) is 11.3 Å². The van der Waals surface area contributed by atoms with Gasteiger partial charge < -0.3 is 23.8 Å². The van der Waals surface area contributed by atoms with E-state index in [1.807, 2.05) is 18.2 Å². The number of methoxy groups -OCH3 is 1. The van der Waals surface area contributed by atoms with Gasteiger partial charge >= 0.3 is 5.97 Å². The van der Waals surface area contributed by atoms with Gasteiger partial charge in [0.25, 0.3) is 5.56 Å². The molecule has 0 fully saturated rings. The summed E-state index contributed by atoms with van der Waals surface area (Å²) in [6, 6.07) is 8.60. The first-order valence-electron chi connectivity index (χ1n) is 13.0. The van der Waals surface area contributed by atoms with Crippen molar-refractivity contribution < 1.29 is 23.7 Å². The molecule has 40 heavy (non-hydrogen) atoms. The average Bonchev–Trinajstić information content (AvgIpc) is 3.53. The molecule has 11 heteroatoms. The molecule has 9 nitrogen and oxygen atoms in total. The summed E-state index contributed by atoms with van der Waals surface area (Å²) in [7, 11) is 1.61. The second-order valence-corrected chi connectivity index (χ2v) is 11.0. The number of anilines is 1. The first-order valence-corrected chi connectivity index (χ1v) is 14.6. The Morgan fingerprint density at radius 1 is 1.20 bits per heavy atom. The number of ether oxygens (including phenoxy) is 4. The summed E-state index contributed by atoms with van der Waals surface area (Å²) in [5, 5.41) is 0. The van der Waals surface area contributed by atoms with Gasteiger partial charge in [-0.1, -0.05) is 17.4 Å². The van der Waals surface area contributed by atoms with Crippen molar-refractivity contribution in [1.82, 2.24) is 4.57 Å². The van der Waals surface area contributed by atoms with Crippen LogP contribution in [0.4, 0.5) is 5.69 Å². The highest BCUT2D eigenvalue weighted by atomic mass is 79.9. The van der Waals surface area contributed by atoms with Gasteiger partial charge in [-0.2, -0.15) is 0 Å². The van der Waals surface area contributed by atoms with E-state index in [1.54, 1.807) is 43.7 Å². The van der Waals surface area contributed by atoms with Crippen LogP contribution >= 0.6 is 27.3 Å². The fourth-order valence-electron chi connectivity index (χ4n) is 4.99. The summed E-state index contributed by atoms with van der Waals surface area (Å²) in [6.45, 7) is 9.71. The van der Waals surface area contributed by atoms with E-state index in [0.717, 1.165) is 28.8 Å². The fraction of sp³-hybridized carbons (Fsp3) is 0.345. The van der Waals surface area contributed by atoms with E-state index in [0.29, 0.717) is 43.4 Å². The number of hydrogen-bond acceptors (Lipinski definition) is 9. The highest BCUT2D eigenvalue weighted by Gasteiger charge is 2.34. The number of esters is 1. The van der Waals surface area contributed by atoms with Crippen LogP contribution < -0.4 is 34.0 Å². The molecule has 5 rings (SSSR count). The molecule has 1 atom stereocenters. The Morgan fingerprint density at radius 3 is 2.65 bits per heavy atom. The van der Waals surface area contributed by atoms with E-state index in [9.17, 15) is 9.59 Å². The number of fused-ring (bicyclic) bond motifs is 2. The topological polar surface area (TPSA) is 91.6 Å². The van der Waals surface area contributed by atoms with Gasteiger partial charge in [0.05, 0.1) is 41.2 Å². The summed E-state index contributed by atoms with van der Waals surface area (Å²) < 4.78 is 25.1. The second-order valence-electron chi connectivity index (χ2n) is 9.13. The van der Waals surface area contributed by atoms with E-state index >= 15 is 0 Å². The smallest absolute Gasteiger partial charge is 0.338 e. The van der Waals surface area contributed by atoms with Crippen molar-refractivity contribution in [3.05, 3.63) is 76.9 Å². The van der Waals surface area contributed by atoms with Gasteiger partial charge in [-0.05, 0) is 73.5 Å².